The summed E-state index contributed by atoms with van der Waals surface area (Å²) in [5.74, 6) is -0.874. The van der Waals surface area contributed by atoms with Gasteiger partial charge in [0.2, 0.25) is 5.91 Å². The number of fused-ring (bicyclic) bond motifs is 1. The fourth-order valence-corrected chi connectivity index (χ4v) is 3.78. The Bertz CT molecular complexity index is 756. The van der Waals surface area contributed by atoms with E-state index in [1.807, 2.05) is 0 Å². The maximum atomic E-state index is 13.0. The van der Waals surface area contributed by atoms with Gasteiger partial charge in [-0.3, -0.25) is 19.1 Å². The Morgan fingerprint density at radius 3 is 2.71 bits per heavy atom. The van der Waals surface area contributed by atoms with Crippen LogP contribution in [0.3, 0.4) is 0 Å². The molecule has 2 N–H and O–H groups in total. The minimum absolute atomic E-state index is 0.155. The first-order chi connectivity index (χ1) is 13.4. The van der Waals surface area contributed by atoms with E-state index in [0.717, 1.165) is 25.7 Å². The van der Waals surface area contributed by atoms with Crippen molar-refractivity contribution in [1.29, 1.82) is 0 Å². The SMILES string of the molecule is COCCNC(=O)c1cc2n(n1)C[C@](C)(C(=O)NC1CCCCC1)N(C)C2=O. The third-order valence-electron chi connectivity index (χ3n) is 5.76. The second kappa shape index (κ2) is 8.30. The van der Waals surface area contributed by atoms with Gasteiger partial charge >= 0.3 is 0 Å². The summed E-state index contributed by atoms with van der Waals surface area (Å²) < 4.78 is 6.38. The lowest BCUT2D eigenvalue weighted by Crippen LogP contribution is -2.63. The van der Waals surface area contributed by atoms with Crippen molar-refractivity contribution < 1.29 is 19.1 Å². The predicted molar refractivity (Wildman–Crippen MR) is 102 cm³/mol. The molecule has 1 aromatic heterocycles. The van der Waals surface area contributed by atoms with E-state index in [1.54, 1.807) is 21.1 Å². The molecule has 3 amide bonds. The Hall–Kier alpha value is -2.42. The molecule has 0 saturated heterocycles. The maximum absolute atomic E-state index is 13.0. The quantitative estimate of drug-likeness (QED) is 0.689. The molecule has 1 aliphatic carbocycles. The van der Waals surface area contributed by atoms with Crippen LogP contribution in [-0.4, -0.2) is 71.3 Å². The molecule has 0 bridgehead atoms. The van der Waals surface area contributed by atoms with Gasteiger partial charge in [0.25, 0.3) is 11.8 Å². The van der Waals surface area contributed by atoms with E-state index in [1.165, 1.54) is 22.1 Å². The number of ether oxygens (including phenoxy) is 1. The average Bonchev–Trinajstić information content (AvgIpc) is 3.11. The molecule has 2 aliphatic rings. The third-order valence-corrected chi connectivity index (χ3v) is 5.76. The molecule has 3 rings (SSSR count). The number of hydrogen-bond donors (Lipinski definition) is 2. The Balaban J connectivity index is 1.76. The molecule has 2 heterocycles. The lowest BCUT2D eigenvalue weighted by Gasteiger charge is -2.41. The molecular weight excluding hydrogens is 362 g/mol. The standard InChI is InChI=1S/C19H29N5O4/c1-19(18(27)21-13-7-5-4-6-8-13)12-24-15(17(26)23(19)2)11-14(22-24)16(25)20-9-10-28-3/h11,13H,4-10,12H2,1-3H3,(H,20,25)(H,21,27)/t19-/m1/s1. The number of carbonyl (C=O) groups excluding carboxylic acids is 3. The highest BCUT2D eigenvalue weighted by molar-refractivity contribution is 6.01. The van der Waals surface area contributed by atoms with Crippen molar-refractivity contribution in [2.45, 2.75) is 57.2 Å². The third kappa shape index (κ3) is 3.89. The van der Waals surface area contributed by atoms with Gasteiger partial charge in [0.05, 0.1) is 13.2 Å². The molecule has 0 spiro atoms. The molecule has 28 heavy (non-hydrogen) atoms. The van der Waals surface area contributed by atoms with E-state index in [9.17, 15) is 14.4 Å². The number of carbonyl (C=O) groups is 3. The number of likely N-dealkylation sites (N-methyl/N-ethyl adjacent to an activating group) is 1. The maximum Gasteiger partial charge on any atom is 0.272 e. The van der Waals surface area contributed by atoms with Crippen molar-refractivity contribution >= 4 is 17.7 Å². The monoisotopic (exact) mass is 391 g/mol. The summed E-state index contributed by atoms with van der Waals surface area (Å²) in [6, 6.07) is 1.63. The topological polar surface area (TPSA) is 106 Å². The largest absolute Gasteiger partial charge is 0.383 e. The van der Waals surface area contributed by atoms with E-state index in [-0.39, 0.29) is 36.0 Å². The summed E-state index contributed by atoms with van der Waals surface area (Å²) in [6.07, 6.45) is 5.37. The van der Waals surface area contributed by atoms with Crippen molar-refractivity contribution in [3.8, 4) is 0 Å². The minimum atomic E-state index is -1.06. The number of nitrogens with one attached hydrogen (secondary N) is 2. The molecule has 1 aromatic rings. The highest BCUT2D eigenvalue weighted by Gasteiger charge is 2.46. The van der Waals surface area contributed by atoms with Gasteiger partial charge in [-0.2, -0.15) is 5.10 Å². The molecule has 1 aliphatic heterocycles. The Morgan fingerprint density at radius 2 is 2.04 bits per heavy atom. The van der Waals surface area contributed by atoms with Crippen molar-refractivity contribution in [3.05, 3.63) is 17.5 Å². The number of nitrogens with zero attached hydrogens (tertiary/aromatic N) is 3. The molecule has 1 saturated carbocycles. The van der Waals surface area contributed by atoms with E-state index in [4.69, 9.17) is 4.74 Å². The van der Waals surface area contributed by atoms with Crippen molar-refractivity contribution in [2.75, 3.05) is 27.3 Å². The van der Waals surface area contributed by atoms with Gasteiger partial charge in [-0.25, -0.2) is 0 Å². The lowest BCUT2D eigenvalue weighted by atomic mass is 9.92. The average molecular weight is 391 g/mol. The summed E-state index contributed by atoms with van der Waals surface area (Å²) in [5.41, 5.74) is -0.593. The van der Waals surface area contributed by atoms with Gasteiger partial charge in [-0.1, -0.05) is 19.3 Å². The zero-order chi connectivity index (χ0) is 20.3. The first-order valence-electron chi connectivity index (χ1n) is 9.81. The van der Waals surface area contributed by atoms with Crippen molar-refractivity contribution in [2.24, 2.45) is 0 Å². The van der Waals surface area contributed by atoms with Gasteiger partial charge in [0.1, 0.15) is 11.2 Å². The molecule has 9 heteroatoms. The molecule has 0 radical (unpaired) electrons. The summed E-state index contributed by atoms with van der Waals surface area (Å²) in [5, 5.41) is 10.1. The van der Waals surface area contributed by atoms with Crippen LogP contribution in [0.2, 0.25) is 0 Å². The van der Waals surface area contributed by atoms with Gasteiger partial charge in [-0.15, -0.1) is 0 Å². The summed E-state index contributed by atoms with van der Waals surface area (Å²) in [6.45, 7) is 2.69. The van der Waals surface area contributed by atoms with Gasteiger partial charge in [0.15, 0.2) is 5.69 Å². The number of hydrogen-bond acceptors (Lipinski definition) is 5. The van der Waals surface area contributed by atoms with E-state index >= 15 is 0 Å². The Labute approximate surface area is 164 Å². The second-order valence-corrected chi connectivity index (χ2v) is 7.77. The van der Waals surface area contributed by atoms with Crippen LogP contribution in [0.25, 0.3) is 0 Å². The fraction of sp³-hybridized carbons (Fsp3) is 0.684. The Morgan fingerprint density at radius 1 is 1.32 bits per heavy atom. The molecule has 154 valence electrons. The first-order valence-corrected chi connectivity index (χ1v) is 9.81. The zero-order valence-corrected chi connectivity index (χ0v) is 16.8. The van der Waals surface area contributed by atoms with Gasteiger partial charge < -0.3 is 20.3 Å². The number of aromatic nitrogens is 2. The highest BCUT2D eigenvalue weighted by atomic mass is 16.5. The molecule has 0 aromatic carbocycles. The number of rotatable bonds is 6. The van der Waals surface area contributed by atoms with Crippen LogP contribution in [0.5, 0.6) is 0 Å². The van der Waals surface area contributed by atoms with Crippen LogP contribution in [-0.2, 0) is 16.1 Å². The van der Waals surface area contributed by atoms with Crippen LogP contribution < -0.4 is 10.6 Å². The number of methoxy groups -OCH3 is 1. The molecule has 0 unspecified atom stereocenters. The summed E-state index contributed by atoms with van der Waals surface area (Å²) >= 11 is 0. The van der Waals surface area contributed by atoms with E-state index in [0.29, 0.717) is 18.8 Å². The van der Waals surface area contributed by atoms with Gasteiger partial charge in [0, 0.05) is 32.8 Å². The van der Waals surface area contributed by atoms with E-state index in [2.05, 4.69) is 15.7 Å². The highest BCUT2D eigenvalue weighted by Crippen LogP contribution is 2.27. The fourth-order valence-electron chi connectivity index (χ4n) is 3.78. The molecule has 1 fully saturated rings. The number of amides is 3. The molecule has 9 nitrogen and oxygen atoms in total. The zero-order valence-electron chi connectivity index (χ0n) is 16.8. The van der Waals surface area contributed by atoms with Crippen LogP contribution in [0.15, 0.2) is 6.07 Å². The van der Waals surface area contributed by atoms with Crippen LogP contribution in [0.4, 0.5) is 0 Å². The molecular formula is C19H29N5O4. The van der Waals surface area contributed by atoms with Crippen molar-refractivity contribution in [1.82, 2.24) is 25.3 Å². The van der Waals surface area contributed by atoms with Crippen LogP contribution in [0, 0.1) is 0 Å². The summed E-state index contributed by atoms with van der Waals surface area (Å²) in [4.78, 5) is 39.6. The minimum Gasteiger partial charge on any atom is -0.383 e. The Kier molecular flexibility index (Phi) is 6.02. The van der Waals surface area contributed by atoms with Crippen LogP contribution >= 0.6 is 0 Å². The smallest absolute Gasteiger partial charge is 0.272 e. The van der Waals surface area contributed by atoms with Crippen LogP contribution in [0.1, 0.15) is 60.0 Å². The molecule has 1 atom stereocenters. The second-order valence-electron chi connectivity index (χ2n) is 7.77. The van der Waals surface area contributed by atoms with Gasteiger partial charge in [-0.05, 0) is 19.8 Å². The van der Waals surface area contributed by atoms with E-state index < -0.39 is 5.54 Å². The lowest BCUT2D eigenvalue weighted by molar-refractivity contribution is -0.133. The summed E-state index contributed by atoms with van der Waals surface area (Å²) in [7, 11) is 3.17. The van der Waals surface area contributed by atoms with Crippen molar-refractivity contribution in [3.63, 3.8) is 0 Å². The predicted octanol–water partition coefficient (Wildman–Crippen LogP) is 0.553. The first kappa shape index (κ1) is 20.3. The normalized spacial score (nSPS) is 22.7.